The summed E-state index contributed by atoms with van der Waals surface area (Å²) in [6.45, 7) is 7.90. The number of aromatic nitrogens is 4. The topological polar surface area (TPSA) is 125 Å². The molecule has 1 saturated carbocycles. The van der Waals surface area contributed by atoms with E-state index in [-0.39, 0.29) is 17.9 Å². The number of imidazole rings is 1. The van der Waals surface area contributed by atoms with Crippen LogP contribution < -0.4 is 5.32 Å². The van der Waals surface area contributed by atoms with Crippen LogP contribution in [0.1, 0.15) is 38.9 Å². The molecule has 168 valence electrons. The smallest absolute Gasteiger partial charge is 0.328 e. The molecule has 0 aromatic carbocycles. The molecule has 0 unspecified atom stereocenters. The lowest BCUT2D eigenvalue weighted by Crippen LogP contribution is -2.42. The van der Waals surface area contributed by atoms with E-state index in [9.17, 15) is 9.59 Å². The molecule has 2 aromatic heterocycles. The highest BCUT2D eigenvalue weighted by Gasteiger charge is 2.45. The summed E-state index contributed by atoms with van der Waals surface area (Å²) >= 11 is 0. The monoisotopic (exact) mass is 437 g/mol. The Balaban J connectivity index is 1.57. The van der Waals surface area contributed by atoms with Gasteiger partial charge in [-0.25, -0.2) is 19.7 Å². The number of amides is 1. The Bertz CT molecular complexity index is 1120. The first kappa shape index (κ1) is 21.7. The minimum absolute atomic E-state index is 0.0223. The lowest BCUT2D eigenvalue weighted by atomic mass is 10.1. The molecule has 2 aliphatic rings. The summed E-state index contributed by atoms with van der Waals surface area (Å²) in [5.41, 5.74) is 2.64. The number of fused-ring (bicyclic) bond motifs is 1. The number of methoxy groups -OCH3 is 1. The van der Waals surface area contributed by atoms with Gasteiger partial charge in [0.1, 0.15) is 18.2 Å². The Labute approximate surface area is 185 Å². The van der Waals surface area contributed by atoms with Gasteiger partial charge in [0.25, 0.3) is 0 Å². The maximum Gasteiger partial charge on any atom is 0.328 e. The zero-order chi connectivity index (χ0) is 22.8. The van der Waals surface area contributed by atoms with Crippen LogP contribution in [0.5, 0.6) is 0 Å². The number of carbonyl (C=O) groups is 2. The molecule has 10 nitrogen and oxygen atoms in total. The molecule has 2 atom stereocenters. The third-order valence-corrected chi connectivity index (χ3v) is 5.62. The van der Waals surface area contributed by atoms with Crippen molar-refractivity contribution in [3.05, 3.63) is 30.5 Å². The second-order valence-corrected chi connectivity index (χ2v) is 8.12. The molecule has 3 heterocycles. The lowest BCUT2D eigenvalue weighted by Gasteiger charge is -2.22. The van der Waals surface area contributed by atoms with Crippen LogP contribution in [-0.2, 0) is 14.3 Å². The molecule has 4 rings (SSSR count). The first-order chi connectivity index (χ1) is 15.4. The van der Waals surface area contributed by atoms with Gasteiger partial charge in [0.15, 0.2) is 17.0 Å². The van der Waals surface area contributed by atoms with Gasteiger partial charge in [0.05, 0.1) is 7.11 Å². The van der Waals surface area contributed by atoms with Gasteiger partial charge in [-0.15, -0.1) is 0 Å². The molecule has 2 fully saturated rings. The molecule has 0 bridgehead atoms. The number of aromatic amines is 1. The van der Waals surface area contributed by atoms with Crippen molar-refractivity contribution < 1.29 is 14.3 Å². The van der Waals surface area contributed by atoms with Crippen molar-refractivity contribution in [2.45, 2.75) is 45.2 Å². The van der Waals surface area contributed by atoms with E-state index in [2.05, 4.69) is 36.8 Å². The molecular weight excluding hydrogens is 410 g/mol. The second kappa shape index (κ2) is 8.89. The molecule has 1 aliphatic carbocycles. The SMILES string of the molecule is C=C(C)/N=C\C(=C/C)c1nc2c(N[C@H]3C[C@H](C(=O)OC)N(C(=O)C4CC4)C3)ncnc2[nH]1. The van der Waals surface area contributed by atoms with Gasteiger partial charge in [-0.1, -0.05) is 12.7 Å². The van der Waals surface area contributed by atoms with E-state index in [0.29, 0.717) is 41.5 Å². The van der Waals surface area contributed by atoms with Crippen molar-refractivity contribution in [3.8, 4) is 0 Å². The van der Waals surface area contributed by atoms with Crippen LogP contribution in [0.4, 0.5) is 5.82 Å². The van der Waals surface area contributed by atoms with Crippen LogP contribution >= 0.6 is 0 Å². The number of esters is 1. The average Bonchev–Trinajstić information content (AvgIpc) is 3.40. The van der Waals surface area contributed by atoms with Crippen molar-refractivity contribution in [1.29, 1.82) is 0 Å². The molecule has 2 aromatic rings. The van der Waals surface area contributed by atoms with E-state index < -0.39 is 12.0 Å². The predicted octanol–water partition coefficient (Wildman–Crippen LogP) is 2.33. The number of nitrogens with one attached hydrogen (secondary N) is 2. The van der Waals surface area contributed by atoms with E-state index >= 15 is 0 Å². The van der Waals surface area contributed by atoms with Crippen LogP contribution in [0, 0.1) is 5.92 Å². The predicted molar refractivity (Wildman–Crippen MR) is 121 cm³/mol. The summed E-state index contributed by atoms with van der Waals surface area (Å²) in [7, 11) is 1.35. The molecule has 0 radical (unpaired) electrons. The van der Waals surface area contributed by atoms with Gasteiger partial charge in [-0.05, 0) is 26.7 Å². The number of allylic oxidation sites excluding steroid dienone is 3. The molecule has 10 heteroatoms. The van der Waals surface area contributed by atoms with Crippen LogP contribution in [0.25, 0.3) is 16.7 Å². The van der Waals surface area contributed by atoms with Gasteiger partial charge < -0.3 is 19.9 Å². The van der Waals surface area contributed by atoms with Gasteiger partial charge in [-0.2, -0.15) is 0 Å². The van der Waals surface area contributed by atoms with Crippen molar-refractivity contribution in [1.82, 2.24) is 24.8 Å². The zero-order valence-corrected chi connectivity index (χ0v) is 18.5. The van der Waals surface area contributed by atoms with E-state index in [0.717, 1.165) is 18.4 Å². The van der Waals surface area contributed by atoms with Gasteiger partial charge in [0.2, 0.25) is 5.91 Å². The Kier molecular flexibility index (Phi) is 6.02. The minimum atomic E-state index is -0.592. The summed E-state index contributed by atoms with van der Waals surface area (Å²) in [5.74, 6) is 0.807. The number of carbonyl (C=O) groups excluding carboxylic acids is 2. The van der Waals surface area contributed by atoms with Crippen LogP contribution in [0.15, 0.2) is 29.7 Å². The molecule has 1 aliphatic heterocycles. The second-order valence-electron chi connectivity index (χ2n) is 8.12. The van der Waals surface area contributed by atoms with Gasteiger partial charge in [0, 0.05) is 42.4 Å². The van der Waals surface area contributed by atoms with Crippen molar-refractivity contribution >= 4 is 40.6 Å². The highest BCUT2D eigenvalue weighted by atomic mass is 16.5. The number of ether oxygens (including phenoxy) is 1. The Morgan fingerprint density at radius 1 is 1.38 bits per heavy atom. The third kappa shape index (κ3) is 4.39. The molecule has 1 saturated heterocycles. The standard InChI is InChI=1S/C22H27N7O3/c1-5-13(9-23-12(2)3)18-27-17-19(24-11-25-20(17)28-18)26-15-8-16(22(31)32-4)29(10-15)21(30)14-6-7-14/h5,9,11,14-16H,2,6-8,10H2,1,3-4H3,(H2,24,25,26,27,28)/b13-5+,23-9-/t15-,16+/m0/s1. The molecule has 2 N–H and O–H groups in total. The Hall–Kier alpha value is -3.56. The number of aliphatic imine (C=N–C) groups is 1. The highest BCUT2D eigenvalue weighted by molar-refractivity contribution is 6.09. The first-order valence-electron chi connectivity index (χ1n) is 10.6. The number of rotatable bonds is 7. The summed E-state index contributed by atoms with van der Waals surface area (Å²) < 4.78 is 4.94. The quantitative estimate of drug-likeness (QED) is 0.503. The van der Waals surface area contributed by atoms with Crippen LogP contribution in [0.3, 0.4) is 0 Å². The fourth-order valence-corrected chi connectivity index (χ4v) is 3.82. The molecule has 1 amide bonds. The summed E-state index contributed by atoms with van der Waals surface area (Å²) in [4.78, 5) is 47.4. The highest BCUT2D eigenvalue weighted by Crippen LogP contribution is 2.34. The third-order valence-electron chi connectivity index (χ3n) is 5.62. The summed E-state index contributed by atoms with van der Waals surface area (Å²) in [6.07, 6.45) is 7.24. The van der Waals surface area contributed by atoms with E-state index in [1.807, 2.05) is 19.9 Å². The number of anilines is 1. The number of H-pyrrole nitrogens is 1. The normalized spacial score (nSPS) is 21.3. The first-order valence-corrected chi connectivity index (χ1v) is 10.6. The van der Waals surface area contributed by atoms with Crippen molar-refractivity contribution in [2.75, 3.05) is 19.0 Å². The Morgan fingerprint density at radius 2 is 2.16 bits per heavy atom. The zero-order valence-electron chi connectivity index (χ0n) is 18.5. The van der Waals surface area contributed by atoms with E-state index in [4.69, 9.17) is 4.74 Å². The maximum atomic E-state index is 12.7. The largest absolute Gasteiger partial charge is 0.467 e. The molecule has 0 spiro atoms. The summed E-state index contributed by atoms with van der Waals surface area (Å²) in [6, 6.07) is -0.753. The minimum Gasteiger partial charge on any atom is -0.467 e. The lowest BCUT2D eigenvalue weighted by molar-refractivity contribution is -0.151. The fraction of sp³-hybridized carbons (Fsp3) is 0.455. The number of likely N-dealkylation sites (tertiary alicyclic amines) is 1. The number of hydrogen-bond donors (Lipinski definition) is 2. The molecular formula is C22H27N7O3. The van der Waals surface area contributed by atoms with Crippen molar-refractivity contribution in [2.24, 2.45) is 10.9 Å². The van der Waals surface area contributed by atoms with Crippen LogP contribution in [-0.4, -0.2) is 68.7 Å². The number of hydrogen-bond acceptors (Lipinski definition) is 8. The maximum absolute atomic E-state index is 12.7. The van der Waals surface area contributed by atoms with Crippen molar-refractivity contribution in [3.63, 3.8) is 0 Å². The average molecular weight is 438 g/mol. The Morgan fingerprint density at radius 3 is 2.81 bits per heavy atom. The molecule has 32 heavy (non-hydrogen) atoms. The summed E-state index contributed by atoms with van der Waals surface area (Å²) in [5, 5.41) is 3.36. The van der Waals surface area contributed by atoms with Gasteiger partial charge >= 0.3 is 5.97 Å². The van der Waals surface area contributed by atoms with E-state index in [1.54, 1.807) is 11.1 Å². The van der Waals surface area contributed by atoms with Gasteiger partial charge in [-0.3, -0.25) is 9.79 Å². The van der Waals surface area contributed by atoms with E-state index in [1.165, 1.54) is 13.4 Å². The fourth-order valence-electron chi connectivity index (χ4n) is 3.82. The number of nitrogens with zero attached hydrogens (tertiary/aromatic N) is 5. The van der Waals surface area contributed by atoms with Crippen LogP contribution in [0.2, 0.25) is 0 Å².